The summed E-state index contributed by atoms with van der Waals surface area (Å²) >= 11 is 0. The van der Waals surface area contributed by atoms with E-state index in [4.69, 9.17) is 9.47 Å². The molecule has 0 aromatic heterocycles. The molecule has 1 aromatic rings. The van der Waals surface area contributed by atoms with E-state index in [1.807, 2.05) is 6.07 Å². The van der Waals surface area contributed by atoms with Crippen molar-refractivity contribution in [3.05, 3.63) is 23.8 Å². The summed E-state index contributed by atoms with van der Waals surface area (Å²) in [7, 11) is 0. The largest absolute Gasteiger partial charge is 0.490 e. The van der Waals surface area contributed by atoms with Crippen molar-refractivity contribution in [2.24, 2.45) is 5.92 Å². The maximum atomic E-state index is 5.75. The number of ether oxygens (including phenoxy) is 2. The Hall–Kier alpha value is -1.22. The van der Waals surface area contributed by atoms with Crippen molar-refractivity contribution in [3.63, 3.8) is 0 Å². The Morgan fingerprint density at radius 1 is 1.05 bits per heavy atom. The first kappa shape index (κ1) is 13.7. The second-order valence-electron chi connectivity index (χ2n) is 6.08. The Labute approximate surface area is 121 Å². The van der Waals surface area contributed by atoms with Crippen molar-refractivity contribution in [2.45, 2.75) is 51.6 Å². The quantitative estimate of drug-likeness (QED) is 0.915. The lowest BCUT2D eigenvalue weighted by Crippen LogP contribution is -2.36. The van der Waals surface area contributed by atoms with Crippen LogP contribution in [-0.4, -0.2) is 19.3 Å². The predicted octanol–water partition coefficient (Wildman–Crippen LogP) is 3.52. The molecule has 1 fully saturated rings. The van der Waals surface area contributed by atoms with E-state index in [0.29, 0.717) is 6.04 Å². The first-order valence-corrected chi connectivity index (χ1v) is 7.95. The molecule has 110 valence electrons. The number of fused-ring (bicyclic) bond motifs is 1. The zero-order valence-electron chi connectivity index (χ0n) is 12.4. The maximum Gasteiger partial charge on any atom is 0.161 e. The molecule has 0 radical (unpaired) electrons. The van der Waals surface area contributed by atoms with E-state index < -0.39 is 0 Å². The summed E-state index contributed by atoms with van der Waals surface area (Å²) in [6.45, 7) is 4.80. The van der Waals surface area contributed by atoms with Gasteiger partial charge in [0.25, 0.3) is 0 Å². The van der Waals surface area contributed by atoms with Gasteiger partial charge in [-0.3, -0.25) is 0 Å². The van der Waals surface area contributed by atoms with Crippen molar-refractivity contribution in [1.82, 2.24) is 5.32 Å². The molecule has 2 aliphatic rings. The van der Waals surface area contributed by atoms with Crippen molar-refractivity contribution < 1.29 is 9.47 Å². The van der Waals surface area contributed by atoms with Crippen LogP contribution in [0.1, 0.15) is 44.6 Å². The minimum Gasteiger partial charge on any atom is -0.490 e. The van der Waals surface area contributed by atoms with E-state index in [9.17, 15) is 0 Å². The molecule has 3 nitrogen and oxygen atoms in total. The van der Waals surface area contributed by atoms with Gasteiger partial charge >= 0.3 is 0 Å². The van der Waals surface area contributed by atoms with Crippen LogP contribution in [0.15, 0.2) is 18.2 Å². The van der Waals surface area contributed by atoms with E-state index in [-0.39, 0.29) is 0 Å². The minimum atomic E-state index is 0.666. The summed E-state index contributed by atoms with van der Waals surface area (Å²) in [5.74, 6) is 2.58. The monoisotopic (exact) mass is 275 g/mol. The SMILES string of the molecule is CC1CCCCC1NCc1ccc2c(c1)OCCCO2. The van der Waals surface area contributed by atoms with Crippen molar-refractivity contribution >= 4 is 0 Å². The molecule has 0 bridgehead atoms. The number of hydrogen-bond acceptors (Lipinski definition) is 3. The third kappa shape index (κ3) is 3.26. The molecule has 20 heavy (non-hydrogen) atoms. The first-order chi connectivity index (χ1) is 9.83. The third-order valence-corrected chi connectivity index (χ3v) is 4.49. The van der Waals surface area contributed by atoms with Crippen molar-refractivity contribution in [3.8, 4) is 11.5 Å². The second-order valence-corrected chi connectivity index (χ2v) is 6.08. The van der Waals surface area contributed by atoms with Crippen molar-refractivity contribution in [1.29, 1.82) is 0 Å². The van der Waals surface area contributed by atoms with E-state index >= 15 is 0 Å². The van der Waals surface area contributed by atoms with Gasteiger partial charge in [-0.2, -0.15) is 0 Å². The highest BCUT2D eigenvalue weighted by Crippen LogP contribution is 2.30. The summed E-state index contributed by atoms with van der Waals surface area (Å²) in [5.41, 5.74) is 1.28. The Balaban J connectivity index is 1.61. The Morgan fingerprint density at radius 3 is 2.70 bits per heavy atom. The van der Waals surface area contributed by atoms with Crippen LogP contribution in [0.2, 0.25) is 0 Å². The molecule has 1 aliphatic carbocycles. The highest BCUT2D eigenvalue weighted by Gasteiger charge is 2.20. The molecule has 0 saturated heterocycles. The normalized spacial score (nSPS) is 26.1. The molecule has 2 unspecified atom stereocenters. The average Bonchev–Trinajstić information content (AvgIpc) is 2.71. The Kier molecular flexibility index (Phi) is 4.46. The van der Waals surface area contributed by atoms with Gasteiger partial charge in [-0.25, -0.2) is 0 Å². The highest BCUT2D eigenvalue weighted by atomic mass is 16.5. The van der Waals surface area contributed by atoms with E-state index in [1.54, 1.807) is 0 Å². The zero-order valence-corrected chi connectivity index (χ0v) is 12.4. The number of rotatable bonds is 3. The average molecular weight is 275 g/mol. The topological polar surface area (TPSA) is 30.5 Å². The smallest absolute Gasteiger partial charge is 0.161 e. The van der Waals surface area contributed by atoms with E-state index in [0.717, 1.165) is 43.6 Å². The number of nitrogens with one attached hydrogen (secondary N) is 1. The van der Waals surface area contributed by atoms with Gasteiger partial charge in [0.2, 0.25) is 0 Å². The highest BCUT2D eigenvalue weighted by molar-refractivity contribution is 5.43. The van der Waals surface area contributed by atoms with Gasteiger partial charge in [0, 0.05) is 19.0 Å². The fraction of sp³-hybridized carbons (Fsp3) is 0.647. The summed E-state index contributed by atoms with van der Waals surface area (Å²) < 4.78 is 11.4. The molecular formula is C17H25NO2. The Morgan fingerprint density at radius 2 is 1.85 bits per heavy atom. The molecule has 1 aliphatic heterocycles. The molecule has 1 heterocycles. The first-order valence-electron chi connectivity index (χ1n) is 7.95. The van der Waals surface area contributed by atoms with Gasteiger partial charge in [0.1, 0.15) is 0 Å². The number of hydrogen-bond donors (Lipinski definition) is 1. The summed E-state index contributed by atoms with van der Waals surface area (Å²) in [4.78, 5) is 0. The minimum absolute atomic E-state index is 0.666. The fourth-order valence-corrected chi connectivity index (χ4v) is 3.19. The van der Waals surface area contributed by atoms with Crippen LogP contribution < -0.4 is 14.8 Å². The Bertz CT molecular complexity index is 447. The molecule has 1 N–H and O–H groups in total. The van der Waals surface area contributed by atoms with Gasteiger partial charge in [0.05, 0.1) is 13.2 Å². The van der Waals surface area contributed by atoms with Crippen LogP contribution >= 0.6 is 0 Å². The summed E-state index contributed by atoms with van der Waals surface area (Å²) in [5, 5.41) is 3.71. The standard InChI is InChI=1S/C17H25NO2/c1-13-5-2-3-6-15(13)18-12-14-7-8-16-17(11-14)20-10-4-9-19-16/h7-8,11,13,15,18H,2-6,9-10,12H2,1H3. The fourth-order valence-electron chi connectivity index (χ4n) is 3.19. The lowest BCUT2D eigenvalue weighted by Gasteiger charge is -2.29. The zero-order chi connectivity index (χ0) is 13.8. The van der Waals surface area contributed by atoms with Crippen LogP contribution in [-0.2, 0) is 6.54 Å². The molecular weight excluding hydrogens is 250 g/mol. The van der Waals surface area contributed by atoms with Gasteiger partial charge in [0.15, 0.2) is 11.5 Å². The molecule has 0 spiro atoms. The van der Waals surface area contributed by atoms with Crippen LogP contribution in [0.5, 0.6) is 11.5 Å². The van der Waals surface area contributed by atoms with Gasteiger partial charge in [-0.15, -0.1) is 0 Å². The van der Waals surface area contributed by atoms with E-state index in [2.05, 4.69) is 24.4 Å². The molecule has 1 saturated carbocycles. The lowest BCUT2D eigenvalue weighted by atomic mass is 9.86. The van der Waals surface area contributed by atoms with Crippen LogP contribution in [0, 0.1) is 5.92 Å². The lowest BCUT2D eigenvalue weighted by molar-refractivity contribution is 0.279. The van der Waals surface area contributed by atoms with Crippen LogP contribution in [0.25, 0.3) is 0 Å². The summed E-state index contributed by atoms with van der Waals surface area (Å²) in [6.07, 6.45) is 6.39. The van der Waals surface area contributed by atoms with Gasteiger partial charge < -0.3 is 14.8 Å². The van der Waals surface area contributed by atoms with Crippen LogP contribution in [0.3, 0.4) is 0 Å². The molecule has 1 aromatic carbocycles. The van der Waals surface area contributed by atoms with Crippen LogP contribution in [0.4, 0.5) is 0 Å². The molecule has 0 amide bonds. The molecule has 2 atom stereocenters. The maximum absolute atomic E-state index is 5.75. The molecule has 3 heteroatoms. The second kappa shape index (κ2) is 6.49. The molecule has 3 rings (SSSR count). The van der Waals surface area contributed by atoms with Gasteiger partial charge in [-0.1, -0.05) is 25.8 Å². The van der Waals surface area contributed by atoms with Gasteiger partial charge in [-0.05, 0) is 36.5 Å². The number of benzene rings is 1. The van der Waals surface area contributed by atoms with Crippen molar-refractivity contribution in [2.75, 3.05) is 13.2 Å². The predicted molar refractivity (Wildman–Crippen MR) is 80.3 cm³/mol. The van der Waals surface area contributed by atoms with E-state index in [1.165, 1.54) is 31.2 Å². The third-order valence-electron chi connectivity index (χ3n) is 4.49. The summed E-state index contributed by atoms with van der Waals surface area (Å²) in [6, 6.07) is 6.98.